The standard InChI is InChI=1S/C44H34N2/c1-29-7-17-35(18-8-29)46(36-19-9-30(2)10-20-36)37-21-11-31(12-22-37)38-23-13-33-15-25-40-42(45-28-27-32-5-3-4-6-41(32)45)26-16-34-14-24-39(38)43(33)44(34)40/h3-26H,27-28H2,1-2H3. The third-order valence-corrected chi connectivity index (χ3v) is 9.84. The fourth-order valence-electron chi connectivity index (χ4n) is 7.49. The van der Waals surface area contributed by atoms with Gasteiger partial charge in [0, 0.05) is 40.4 Å². The van der Waals surface area contributed by atoms with E-state index in [1.807, 2.05) is 0 Å². The highest BCUT2D eigenvalue weighted by Gasteiger charge is 2.23. The molecule has 8 aromatic rings. The molecule has 0 N–H and O–H groups in total. The van der Waals surface area contributed by atoms with Crippen molar-refractivity contribution in [2.45, 2.75) is 20.3 Å². The molecule has 0 fully saturated rings. The quantitative estimate of drug-likeness (QED) is 0.184. The maximum atomic E-state index is 2.51. The summed E-state index contributed by atoms with van der Waals surface area (Å²) in [4.78, 5) is 4.85. The number of anilines is 5. The van der Waals surface area contributed by atoms with Crippen LogP contribution in [0.25, 0.3) is 43.4 Å². The van der Waals surface area contributed by atoms with E-state index in [0.717, 1.165) is 30.0 Å². The molecule has 0 unspecified atom stereocenters. The molecule has 0 bridgehead atoms. The molecule has 0 radical (unpaired) electrons. The summed E-state index contributed by atoms with van der Waals surface area (Å²) in [6.07, 6.45) is 1.09. The molecule has 0 aliphatic carbocycles. The lowest BCUT2D eigenvalue weighted by atomic mass is 9.89. The van der Waals surface area contributed by atoms with Crippen LogP contribution >= 0.6 is 0 Å². The fraction of sp³-hybridized carbons (Fsp3) is 0.0909. The molecule has 2 nitrogen and oxygen atoms in total. The van der Waals surface area contributed by atoms with Crippen LogP contribution in [0.4, 0.5) is 28.4 Å². The first kappa shape index (κ1) is 26.8. The molecule has 9 rings (SSSR count). The van der Waals surface area contributed by atoms with Crippen LogP contribution in [0.1, 0.15) is 16.7 Å². The molecule has 1 aliphatic heterocycles. The number of para-hydroxylation sites is 1. The van der Waals surface area contributed by atoms with Gasteiger partial charge in [-0.3, -0.25) is 0 Å². The first-order valence-electron chi connectivity index (χ1n) is 16.2. The van der Waals surface area contributed by atoms with Crippen molar-refractivity contribution < 1.29 is 0 Å². The zero-order chi connectivity index (χ0) is 30.8. The Morgan fingerprint density at radius 1 is 0.478 bits per heavy atom. The molecule has 0 saturated carbocycles. The second kappa shape index (κ2) is 10.5. The van der Waals surface area contributed by atoms with Crippen LogP contribution in [0.5, 0.6) is 0 Å². The largest absolute Gasteiger partial charge is 0.340 e. The Bertz CT molecular complexity index is 2320. The molecule has 0 saturated heterocycles. The minimum absolute atomic E-state index is 1.02. The smallest absolute Gasteiger partial charge is 0.0491 e. The fourth-order valence-corrected chi connectivity index (χ4v) is 7.49. The van der Waals surface area contributed by atoms with Crippen molar-refractivity contribution in [3.8, 4) is 11.1 Å². The van der Waals surface area contributed by atoms with Gasteiger partial charge in [0.2, 0.25) is 0 Å². The van der Waals surface area contributed by atoms with Crippen LogP contribution in [-0.2, 0) is 6.42 Å². The number of aryl methyl sites for hydroxylation is 2. The summed E-state index contributed by atoms with van der Waals surface area (Å²) in [6.45, 7) is 5.29. The molecular weight excluding hydrogens is 556 g/mol. The van der Waals surface area contributed by atoms with E-state index in [-0.39, 0.29) is 0 Å². The summed E-state index contributed by atoms with van der Waals surface area (Å²) >= 11 is 0. The van der Waals surface area contributed by atoms with Crippen LogP contribution in [0, 0.1) is 13.8 Å². The van der Waals surface area contributed by atoms with Crippen molar-refractivity contribution in [3.63, 3.8) is 0 Å². The van der Waals surface area contributed by atoms with Crippen LogP contribution in [0.3, 0.4) is 0 Å². The van der Waals surface area contributed by atoms with Gasteiger partial charge in [-0.2, -0.15) is 0 Å². The SMILES string of the molecule is Cc1ccc(N(c2ccc(C)cc2)c2ccc(-c3ccc4ccc5c(N6CCc7ccccc76)ccc6ccc3c4c65)cc2)cc1. The molecule has 220 valence electrons. The van der Waals surface area contributed by atoms with Gasteiger partial charge < -0.3 is 9.80 Å². The van der Waals surface area contributed by atoms with Crippen molar-refractivity contribution in [1.82, 2.24) is 0 Å². The zero-order valence-electron chi connectivity index (χ0n) is 26.2. The number of nitrogens with zero attached hydrogens (tertiary/aromatic N) is 2. The topological polar surface area (TPSA) is 6.48 Å². The molecule has 0 spiro atoms. The summed E-state index contributed by atoms with van der Waals surface area (Å²) in [5.41, 5.74) is 12.5. The van der Waals surface area contributed by atoms with Gasteiger partial charge in [-0.15, -0.1) is 0 Å². The molecule has 0 atom stereocenters. The number of hydrogen-bond donors (Lipinski definition) is 0. The maximum absolute atomic E-state index is 2.51. The van der Waals surface area contributed by atoms with Gasteiger partial charge in [-0.25, -0.2) is 0 Å². The van der Waals surface area contributed by atoms with Crippen molar-refractivity contribution in [3.05, 3.63) is 162 Å². The summed E-state index contributed by atoms with van der Waals surface area (Å²) in [7, 11) is 0. The van der Waals surface area contributed by atoms with Crippen molar-refractivity contribution >= 4 is 60.8 Å². The lowest BCUT2D eigenvalue weighted by Gasteiger charge is -2.26. The van der Waals surface area contributed by atoms with Gasteiger partial charge in [-0.05, 0) is 112 Å². The Kier molecular flexibility index (Phi) is 6.11. The summed E-state index contributed by atoms with van der Waals surface area (Å²) in [6, 6.07) is 54.0. The number of rotatable bonds is 5. The van der Waals surface area contributed by atoms with Crippen LogP contribution in [-0.4, -0.2) is 6.54 Å². The molecule has 1 heterocycles. The number of hydrogen-bond acceptors (Lipinski definition) is 2. The Labute approximate surface area is 270 Å². The molecule has 46 heavy (non-hydrogen) atoms. The van der Waals surface area contributed by atoms with Gasteiger partial charge in [0.05, 0.1) is 0 Å². The predicted molar refractivity (Wildman–Crippen MR) is 197 cm³/mol. The average Bonchev–Trinajstić information content (AvgIpc) is 3.53. The average molecular weight is 591 g/mol. The van der Waals surface area contributed by atoms with Crippen LogP contribution in [0.2, 0.25) is 0 Å². The van der Waals surface area contributed by atoms with Gasteiger partial charge in [-0.1, -0.05) is 108 Å². The Balaban J connectivity index is 1.16. The van der Waals surface area contributed by atoms with E-state index in [4.69, 9.17) is 0 Å². The maximum Gasteiger partial charge on any atom is 0.0491 e. The van der Waals surface area contributed by atoms with E-state index >= 15 is 0 Å². The lowest BCUT2D eigenvalue weighted by Crippen LogP contribution is -2.13. The highest BCUT2D eigenvalue weighted by molar-refractivity contribution is 6.27. The van der Waals surface area contributed by atoms with Gasteiger partial charge >= 0.3 is 0 Å². The molecule has 1 aliphatic rings. The third kappa shape index (κ3) is 4.25. The summed E-state index contributed by atoms with van der Waals surface area (Å²) < 4.78 is 0. The highest BCUT2D eigenvalue weighted by Crippen LogP contribution is 2.45. The van der Waals surface area contributed by atoms with E-state index in [1.165, 1.54) is 71.5 Å². The first-order chi connectivity index (χ1) is 22.6. The molecular formula is C44H34N2. The lowest BCUT2D eigenvalue weighted by molar-refractivity contribution is 1.00. The zero-order valence-corrected chi connectivity index (χ0v) is 26.2. The van der Waals surface area contributed by atoms with E-state index in [9.17, 15) is 0 Å². The Morgan fingerprint density at radius 2 is 1.02 bits per heavy atom. The van der Waals surface area contributed by atoms with Gasteiger partial charge in [0.15, 0.2) is 0 Å². The molecule has 8 aromatic carbocycles. The van der Waals surface area contributed by atoms with Crippen LogP contribution < -0.4 is 9.80 Å². The highest BCUT2D eigenvalue weighted by atomic mass is 15.2. The predicted octanol–water partition coefficient (Wildman–Crippen LogP) is 12.0. The van der Waals surface area contributed by atoms with E-state index < -0.39 is 0 Å². The summed E-state index contributed by atoms with van der Waals surface area (Å²) in [5, 5.41) is 7.93. The molecule has 0 aromatic heterocycles. The Hall–Kier alpha value is -5.60. The van der Waals surface area contributed by atoms with E-state index in [0.29, 0.717) is 0 Å². The first-order valence-corrected chi connectivity index (χ1v) is 16.2. The van der Waals surface area contributed by atoms with Gasteiger partial charge in [0.25, 0.3) is 0 Å². The third-order valence-electron chi connectivity index (χ3n) is 9.84. The van der Waals surface area contributed by atoms with Crippen LogP contribution in [0.15, 0.2) is 146 Å². The minimum Gasteiger partial charge on any atom is -0.340 e. The van der Waals surface area contributed by atoms with Crippen molar-refractivity contribution in [2.24, 2.45) is 0 Å². The second-order valence-corrected chi connectivity index (χ2v) is 12.7. The normalized spacial score (nSPS) is 12.8. The van der Waals surface area contributed by atoms with Crippen molar-refractivity contribution in [2.75, 3.05) is 16.3 Å². The minimum atomic E-state index is 1.02. The van der Waals surface area contributed by atoms with Crippen molar-refractivity contribution in [1.29, 1.82) is 0 Å². The summed E-state index contributed by atoms with van der Waals surface area (Å²) in [5.74, 6) is 0. The Morgan fingerprint density at radius 3 is 1.70 bits per heavy atom. The molecule has 2 heteroatoms. The van der Waals surface area contributed by atoms with E-state index in [2.05, 4.69) is 169 Å². The monoisotopic (exact) mass is 590 g/mol. The molecule has 0 amide bonds. The van der Waals surface area contributed by atoms with E-state index in [1.54, 1.807) is 0 Å². The number of fused-ring (bicyclic) bond motifs is 1. The van der Waals surface area contributed by atoms with Gasteiger partial charge in [0.1, 0.15) is 0 Å². The second-order valence-electron chi connectivity index (χ2n) is 12.7. The number of benzene rings is 8.